The summed E-state index contributed by atoms with van der Waals surface area (Å²) in [5.41, 5.74) is 1.30. The van der Waals surface area contributed by atoms with Crippen LogP contribution in [0, 0.1) is 0 Å². The summed E-state index contributed by atoms with van der Waals surface area (Å²) in [6.07, 6.45) is 4.24. The molecule has 0 aliphatic rings. The van der Waals surface area contributed by atoms with Crippen LogP contribution in [0.5, 0.6) is 5.75 Å². The van der Waals surface area contributed by atoms with Gasteiger partial charge in [0.2, 0.25) is 0 Å². The Morgan fingerprint density at radius 1 is 1.24 bits per heavy atom. The fraction of sp³-hybridized carbons (Fsp3) is 0.400. The van der Waals surface area contributed by atoms with E-state index in [9.17, 15) is 9.90 Å². The average Bonchev–Trinajstić information content (AvgIpc) is 2.57. The SMILES string of the molecule is CC(C)(C)OC(=O)COc1cccc(C(O)CCc2cccnc2)c1. The van der Waals surface area contributed by atoms with Gasteiger partial charge in [-0.2, -0.15) is 0 Å². The molecule has 1 aromatic heterocycles. The van der Waals surface area contributed by atoms with Crippen molar-refractivity contribution < 1.29 is 19.4 Å². The number of benzene rings is 1. The van der Waals surface area contributed by atoms with E-state index in [-0.39, 0.29) is 6.61 Å². The van der Waals surface area contributed by atoms with Gasteiger partial charge >= 0.3 is 5.97 Å². The van der Waals surface area contributed by atoms with Gasteiger partial charge in [0.05, 0.1) is 6.10 Å². The zero-order valence-corrected chi connectivity index (χ0v) is 14.9. The summed E-state index contributed by atoms with van der Waals surface area (Å²) in [5, 5.41) is 10.4. The van der Waals surface area contributed by atoms with Gasteiger partial charge in [-0.1, -0.05) is 18.2 Å². The molecule has 1 aromatic carbocycles. The van der Waals surface area contributed by atoms with E-state index in [1.807, 2.05) is 39.0 Å². The van der Waals surface area contributed by atoms with Gasteiger partial charge in [-0.15, -0.1) is 0 Å². The number of aryl methyl sites for hydroxylation is 1. The summed E-state index contributed by atoms with van der Waals surface area (Å²) in [4.78, 5) is 15.8. The van der Waals surface area contributed by atoms with Gasteiger partial charge in [0.25, 0.3) is 0 Å². The van der Waals surface area contributed by atoms with E-state index in [0.29, 0.717) is 12.2 Å². The van der Waals surface area contributed by atoms with E-state index in [0.717, 1.165) is 17.5 Å². The first-order chi connectivity index (χ1) is 11.8. The molecule has 1 atom stereocenters. The van der Waals surface area contributed by atoms with E-state index in [4.69, 9.17) is 9.47 Å². The van der Waals surface area contributed by atoms with Crippen LogP contribution in [-0.4, -0.2) is 28.3 Å². The van der Waals surface area contributed by atoms with Crippen LogP contribution in [0.15, 0.2) is 48.8 Å². The Balaban J connectivity index is 1.88. The lowest BCUT2D eigenvalue weighted by Gasteiger charge is -2.19. The molecule has 5 nitrogen and oxygen atoms in total. The van der Waals surface area contributed by atoms with Crippen LogP contribution in [0.25, 0.3) is 0 Å². The number of ether oxygens (including phenoxy) is 2. The molecule has 5 heteroatoms. The first-order valence-corrected chi connectivity index (χ1v) is 8.35. The van der Waals surface area contributed by atoms with E-state index in [1.165, 1.54) is 0 Å². The van der Waals surface area contributed by atoms with Crippen molar-refractivity contribution in [3.05, 3.63) is 59.9 Å². The summed E-state index contributed by atoms with van der Waals surface area (Å²) in [6.45, 7) is 5.27. The van der Waals surface area contributed by atoms with Crippen molar-refractivity contribution in [3.63, 3.8) is 0 Å². The summed E-state index contributed by atoms with van der Waals surface area (Å²) in [6, 6.07) is 11.0. The zero-order valence-electron chi connectivity index (χ0n) is 14.9. The largest absolute Gasteiger partial charge is 0.482 e. The third-order valence-electron chi connectivity index (χ3n) is 3.45. The number of hydrogen-bond acceptors (Lipinski definition) is 5. The molecular weight excluding hydrogens is 318 g/mol. The van der Waals surface area contributed by atoms with Crippen LogP contribution < -0.4 is 4.74 Å². The maximum atomic E-state index is 11.7. The highest BCUT2D eigenvalue weighted by Gasteiger charge is 2.17. The highest BCUT2D eigenvalue weighted by molar-refractivity contribution is 5.71. The Morgan fingerprint density at radius 3 is 2.72 bits per heavy atom. The number of nitrogens with zero attached hydrogens (tertiary/aromatic N) is 1. The molecule has 0 saturated carbocycles. The van der Waals surface area contributed by atoms with E-state index >= 15 is 0 Å². The average molecular weight is 343 g/mol. The van der Waals surface area contributed by atoms with Gasteiger partial charge < -0.3 is 14.6 Å². The summed E-state index contributed by atoms with van der Waals surface area (Å²) < 4.78 is 10.7. The minimum absolute atomic E-state index is 0.160. The normalized spacial score (nSPS) is 12.5. The first kappa shape index (κ1) is 18.9. The third kappa shape index (κ3) is 6.93. The molecule has 0 amide bonds. The topological polar surface area (TPSA) is 68.7 Å². The number of carbonyl (C=O) groups excluding carboxylic acids is 1. The minimum atomic E-state index is -0.606. The Labute approximate surface area is 148 Å². The molecule has 2 rings (SSSR count). The second-order valence-electron chi connectivity index (χ2n) is 6.86. The summed E-state index contributed by atoms with van der Waals surface area (Å²) in [7, 11) is 0. The molecule has 0 spiro atoms. The fourth-order valence-electron chi connectivity index (χ4n) is 2.34. The van der Waals surface area contributed by atoms with Gasteiger partial charge in [-0.25, -0.2) is 4.79 Å². The summed E-state index contributed by atoms with van der Waals surface area (Å²) in [5.74, 6) is 0.110. The first-order valence-electron chi connectivity index (χ1n) is 8.35. The lowest BCUT2D eigenvalue weighted by Crippen LogP contribution is -2.27. The zero-order chi connectivity index (χ0) is 18.3. The smallest absolute Gasteiger partial charge is 0.344 e. The Morgan fingerprint density at radius 2 is 2.04 bits per heavy atom. The van der Waals surface area contributed by atoms with Crippen molar-refractivity contribution in [2.75, 3.05) is 6.61 Å². The third-order valence-corrected chi connectivity index (χ3v) is 3.45. The monoisotopic (exact) mass is 343 g/mol. The molecule has 0 radical (unpaired) electrons. The number of aromatic nitrogens is 1. The van der Waals surface area contributed by atoms with Crippen LogP contribution in [0.3, 0.4) is 0 Å². The highest BCUT2D eigenvalue weighted by Crippen LogP contribution is 2.23. The van der Waals surface area contributed by atoms with Crippen LogP contribution in [0.4, 0.5) is 0 Å². The molecule has 2 aromatic rings. The van der Waals surface area contributed by atoms with Crippen LogP contribution in [-0.2, 0) is 16.0 Å². The molecule has 0 aliphatic carbocycles. The molecule has 1 heterocycles. The predicted molar refractivity (Wildman–Crippen MR) is 95.3 cm³/mol. The lowest BCUT2D eigenvalue weighted by molar-refractivity contribution is -0.157. The maximum Gasteiger partial charge on any atom is 0.344 e. The number of pyridine rings is 1. The molecule has 0 aliphatic heterocycles. The molecule has 134 valence electrons. The van der Waals surface area contributed by atoms with Crippen LogP contribution >= 0.6 is 0 Å². The van der Waals surface area contributed by atoms with Crippen LogP contribution in [0.1, 0.15) is 44.4 Å². The molecule has 25 heavy (non-hydrogen) atoms. The van der Waals surface area contributed by atoms with Gasteiger partial charge in [-0.3, -0.25) is 4.98 Å². The van der Waals surface area contributed by atoms with Crippen molar-refractivity contribution in [3.8, 4) is 5.75 Å². The molecular formula is C20H25NO4. The Kier molecular flexibility index (Phi) is 6.53. The van der Waals surface area contributed by atoms with Gasteiger partial charge in [-0.05, 0) is 62.9 Å². The number of hydrogen-bond donors (Lipinski definition) is 1. The number of aliphatic hydroxyl groups is 1. The van der Waals surface area contributed by atoms with Crippen LogP contribution in [0.2, 0.25) is 0 Å². The van der Waals surface area contributed by atoms with E-state index in [1.54, 1.807) is 30.6 Å². The Hall–Kier alpha value is -2.40. The highest BCUT2D eigenvalue weighted by atomic mass is 16.6. The molecule has 0 saturated heterocycles. The maximum absolute atomic E-state index is 11.7. The fourth-order valence-corrected chi connectivity index (χ4v) is 2.34. The van der Waals surface area contributed by atoms with Gasteiger partial charge in [0.15, 0.2) is 6.61 Å². The van der Waals surface area contributed by atoms with Crippen molar-refractivity contribution >= 4 is 5.97 Å². The van der Waals surface area contributed by atoms with E-state index < -0.39 is 17.7 Å². The molecule has 0 fully saturated rings. The second kappa shape index (κ2) is 8.62. The van der Waals surface area contributed by atoms with Gasteiger partial charge in [0.1, 0.15) is 11.4 Å². The van der Waals surface area contributed by atoms with Crippen molar-refractivity contribution in [2.24, 2.45) is 0 Å². The van der Waals surface area contributed by atoms with E-state index in [2.05, 4.69) is 4.98 Å². The number of carbonyl (C=O) groups is 1. The minimum Gasteiger partial charge on any atom is -0.482 e. The molecule has 0 bridgehead atoms. The quantitative estimate of drug-likeness (QED) is 0.780. The lowest BCUT2D eigenvalue weighted by atomic mass is 10.0. The number of aliphatic hydroxyl groups excluding tert-OH is 1. The summed E-state index contributed by atoms with van der Waals surface area (Å²) >= 11 is 0. The predicted octanol–water partition coefficient (Wildman–Crippen LogP) is 3.47. The van der Waals surface area contributed by atoms with Gasteiger partial charge in [0, 0.05) is 12.4 Å². The van der Waals surface area contributed by atoms with Crippen molar-refractivity contribution in [1.29, 1.82) is 0 Å². The number of esters is 1. The van der Waals surface area contributed by atoms with Crippen molar-refractivity contribution in [1.82, 2.24) is 4.98 Å². The standard InChI is InChI=1S/C20H25NO4/c1-20(2,3)25-19(23)14-24-17-8-4-7-16(12-17)18(22)10-9-15-6-5-11-21-13-15/h4-8,11-13,18,22H,9-10,14H2,1-3H3. The Bertz CT molecular complexity index is 680. The molecule has 1 N–H and O–H groups in total. The van der Waals surface area contributed by atoms with Crippen molar-refractivity contribution in [2.45, 2.75) is 45.3 Å². The second-order valence-corrected chi connectivity index (χ2v) is 6.86. The molecule has 1 unspecified atom stereocenters. The number of rotatable bonds is 7.